The van der Waals surface area contributed by atoms with Gasteiger partial charge in [-0.1, -0.05) is 31.0 Å². The Balaban J connectivity index is 1.20. The molecule has 3 aliphatic rings. The first kappa shape index (κ1) is 21.2. The van der Waals surface area contributed by atoms with Gasteiger partial charge in [-0.2, -0.15) is 0 Å². The molecule has 2 aliphatic heterocycles. The van der Waals surface area contributed by atoms with Crippen LogP contribution in [-0.4, -0.2) is 73.0 Å². The Morgan fingerprint density at radius 1 is 1.10 bits per heavy atom. The second-order valence-electron chi connectivity index (χ2n) is 9.38. The van der Waals surface area contributed by atoms with Gasteiger partial charge in [-0.25, -0.2) is 0 Å². The Morgan fingerprint density at radius 2 is 1.77 bits per heavy atom. The Labute approximate surface area is 180 Å². The minimum atomic E-state index is -0.401. The van der Waals surface area contributed by atoms with Crippen LogP contribution in [0.3, 0.4) is 0 Å². The predicted octanol–water partition coefficient (Wildman–Crippen LogP) is 2.49. The van der Waals surface area contributed by atoms with Gasteiger partial charge >= 0.3 is 0 Å². The van der Waals surface area contributed by atoms with Gasteiger partial charge in [-0.05, 0) is 51.8 Å². The number of hydrogen-bond donors (Lipinski definition) is 1. The zero-order valence-corrected chi connectivity index (χ0v) is 18.5. The summed E-state index contributed by atoms with van der Waals surface area (Å²) in [7, 11) is 0. The minimum absolute atomic E-state index is 0.0547. The lowest BCUT2D eigenvalue weighted by atomic mass is 9.68. The molecular formula is C24H36N4O2. The van der Waals surface area contributed by atoms with Crippen molar-refractivity contribution in [3.05, 3.63) is 30.3 Å². The molecule has 1 saturated carbocycles. The van der Waals surface area contributed by atoms with E-state index in [-0.39, 0.29) is 23.9 Å². The van der Waals surface area contributed by atoms with E-state index in [1.807, 2.05) is 18.7 Å². The third-order valence-electron chi connectivity index (χ3n) is 7.21. The number of anilines is 1. The zero-order chi connectivity index (χ0) is 21.1. The number of benzene rings is 1. The molecule has 2 saturated heterocycles. The van der Waals surface area contributed by atoms with E-state index < -0.39 is 5.41 Å². The maximum atomic E-state index is 13.0. The summed E-state index contributed by atoms with van der Waals surface area (Å²) in [5, 5.41) is 3.15. The van der Waals surface area contributed by atoms with E-state index >= 15 is 0 Å². The van der Waals surface area contributed by atoms with Crippen molar-refractivity contribution in [2.45, 2.75) is 58.0 Å². The number of nitrogens with one attached hydrogen (secondary N) is 1. The van der Waals surface area contributed by atoms with Gasteiger partial charge in [-0.15, -0.1) is 0 Å². The number of piperazine rings is 1. The summed E-state index contributed by atoms with van der Waals surface area (Å²) in [4.78, 5) is 32.4. The molecule has 1 aliphatic carbocycles. The summed E-state index contributed by atoms with van der Waals surface area (Å²) < 4.78 is 0. The Kier molecular flexibility index (Phi) is 6.32. The number of rotatable bonds is 7. The van der Waals surface area contributed by atoms with Gasteiger partial charge < -0.3 is 15.1 Å². The van der Waals surface area contributed by atoms with Crippen LogP contribution in [0.2, 0.25) is 0 Å². The van der Waals surface area contributed by atoms with E-state index in [0.29, 0.717) is 6.54 Å². The first-order valence-corrected chi connectivity index (χ1v) is 11.7. The van der Waals surface area contributed by atoms with Gasteiger partial charge in [0.25, 0.3) is 0 Å². The fourth-order valence-corrected chi connectivity index (χ4v) is 5.57. The van der Waals surface area contributed by atoms with E-state index in [1.165, 1.54) is 5.69 Å². The van der Waals surface area contributed by atoms with Gasteiger partial charge in [0, 0.05) is 44.5 Å². The van der Waals surface area contributed by atoms with Crippen LogP contribution in [0.4, 0.5) is 5.69 Å². The molecular weight excluding hydrogens is 376 g/mol. The zero-order valence-electron chi connectivity index (χ0n) is 18.5. The lowest BCUT2D eigenvalue weighted by molar-refractivity contribution is -0.181. The topological polar surface area (TPSA) is 55.9 Å². The SMILES string of the molecule is CC(C)N1C(=O)C2(CCCC2)C1C(=O)NCCCN1CCN(c2ccccc2)CC1. The monoisotopic (exact) mass is 412 g/mol. The third kappa shape index (κ3) is 3.94. The van der Waals surface area contributed by atoms with Crippen molar-refractivity contribution < 1.29 is 9.59 Å². The van der Waals surface area contributed by atoms with Crippen LogP contribution in [0.25, 0.3) is 0 Å². The van der Waals surface area contributed by atoms with Crippen LogP contribution in [0, 0.1) is 5.41 Å². The van der Waals surface area contributed by atoms with Gasteiger partial charge in [0.15, 0.2) is 0 Å². The highest BCUT2D eigenvalue weighted by Crippen LogP contribution is 2.52. The lowest BCUT2D eigenvalue weighted by Crippen LogP contribution is -2.74. The largest absolute Gasteiger partial charge is 0.369 e. The van der Waals surface area contributed by atoms with Crippen LogP contribution in [0.15, 0.2) is 30.3 Å². The first-order valence-electron chi connectivity index (χ1n) is 11.7. The van der Waals surface area contributed by atoms with Crippen molar-refractivity contribution in [1.29, 1.82) is 0 Å². The maximum absolute atomic E-state index is 13.0. The molecule has 1 aromatic rings. The van der Waals surface area contributed by atoms with Crippen LogP contribution < -0.4 is 10.2 Å². The van der Waals surface area contributed by atoms with Crippen molar-refractivity contribution in [1.82, 2.24) is 15.1 Å². The van der Waals surface area contributed by atoms with E-state index in [0.717, 1.165) is 64.8 Å². The molecule has 2 amide bonds. The smallest absolute Gasteiger partial charge is 0.243 e. The highest BCUT2D eigenvalue weighted by Gasteiger charge is 2.64. The number of carbonyl (C=O) groups is 2. The normalized spacial score (nSPS) is 23.8. The van der Waals surface area contributed by atoms with Crippen LogP contribution >= 0.6 is 0 Å². The molecule has 1 N–H and O–H groups in total. The van der Waals surface area contributed by atoms with Gasteiger partial charge in [0.1, 0.15) is 6.04 Å². The number of β-lactam (4-membered cyclic amide) rings is 1. The summed E-state index contributed by atoms with van der Waals surface area (Å²) in [5.41, 5.74) is 0.900. The number of hydrogen-bond acceptors (Lipinski definition) is 4. The van der Waals surface area contributed by atoms with E-state index in [9.17, 15) is 9.59 Å². The molecule has 4 rings (SSSR count). The number of nitrogens with zero attached hydrogens (tertiary/aromatic N) is 3. The predicted molar refractivity (Wildman–Crippen MR) is 119 cm³/mol. The summed E-state index contributed by atoms with van der Waals surface area (Å²) in [6, 6.07) is 10.4. The lowest BCUT2D eigenvalue weighted by Gasteiger charge is -2.55. The van der Waals surface area contributed by atoms with Crippen molar-refractivity contribution in [2.75, 3.05) is 44.2 Å². The van der Waals surface area contributed by atoms with Crippen LogP contribution in [0.5, 0.6) is 0 Å². The molecule has 6 heteroatoms. The molecule has 0 aromatic heterocycles. The molecule has 3 fully saturated rings. The second-order valence-corrected chi connectivity index (χ2v) is 9.38. The number of amides is 2. The van der Waals surface area contributed by atoms with Crippen LogP contribution in [-0.2, 0) is 9.59 Å². The van der Waals surface area contributed by atoms with Crippen molar-refractivity contribution >= 4 is 17.5 Å². The number of carbonyl (C=O) groups excluding carboxylic acids is 2. The molecule has 2 heterocycles. The Bertz CT molecular complexity index is 737. The second kappa shape index (κ2) is 8.96. The fourth-order valence-electron chi connectivity index (χ4n) is 5.57. The average Bonchev–Trinajstić information content (AvgIpc) is 3.28. The quantitative estimate of drug-likeness (QED) is 0.552. The molecule has 1 aromatic carbocycles. The molecule has 164 valence electrons. The van der Waals surface area contributed by atoms with Gasteiger partial charge in [0.05, 0.1) is 5.41 Å². The van der Waals surface area contributed by atoms with Crippen molar-refractivity contribution in [2.24, 2.45) is 5.41 Å². The summed E-state index contributed by atoms with van der Waals surface area (Å²) >= 11 is 0. The maximum Gasteiger partial charge on any atom is 0.243 e. The summed E-state index contributed by atoms with van der Waals surface area (Å²) in [6.07, 6.45) is 4.83. The van der Waals surface area contributed by atoms with E-state index in [1.54, 1.807) is 0 Å². The highest BCUT2D eigenvalue weighted by molar-refractivity contribution is 6.02. The molecule has 1 spiro atoms. The van der Waals surface area contributed by atoms with E-state index in [4.69, 9.17) is 0 Å². The molecule has 1 unspecified atom stereocenters. The number of likely N-dealkylation sites (tertiary alicyclic amines) is 1. The minimum Gasteiger partial charge on any atom is -0.369 e. The van der Waals surface area contributed by atoms with Gasteiger partial charge in [0.2, 0.25) is 11.8 Å². The van der Waals surface area contributed by atoms with Crippen molar-refractivity contribution in [3.63, 3.8) is 0 Å². The standard InChI is InChI=1S/C24H36N4O2/c1-19(2)28-21(24(23(28)30)11-6-7-12-24)22(29)25-13-8-14-26-15-17-27(18-16-26)20-9-4-3-5-10-20/h3-5,9-10,19,21H,6-8,11-18H2,1-2H3,(H,25,29). The van der Waals surface area contributed by atoms with Crippen LogP contribution in [0.1, 0.15) is 46.0 Å². The fraction of sp³-hybridized carbons (Fsp3) is 0.667. The Morgan fingerprint density at radius 3 is 2.40 bits per heavy atom. The molecule has 1 atom stereocenters. The number of para-hydroxylation sites is 1. The molecule has 0 radical (unpaired) electrons. The van der Waals surface area contributed by atoms with Crippen molar-refractivity contribution in [3.8, 4) is 0 Å². The Hall–Kier alpha value is -2.08. The van der Waals surface area contributed by atoms with Gasteiger partial charge in [-0.3, -0.25) is 14.5 Å². The molecule has 6 nitrogen and oxygen atoms in total. The third-order valence-corrected chi connectivity index (χ3v) is 7.21. The highest BCUT2D eigenvalue weighted by atomic mass is 16.2. The van der Waals surface area contributed by atoms with E-state index in [2.05, 4.69) is 45.4 Å². The summed E-state index contributed by atoms with van der Waals surface area (Å²) in [6.45, 7) is 9.92. The summed E-state index contributed by atoms with van der Waals surface area (Å²) in [5.74, 6) is 0.255. The average molecular weight is 413 g/mol. The molecule has 30 heavy (non-hydrogen) atoms. The molecule has 0 bridgehead atoms. The first-order chi connectivity index (χ1) is 14.5.